The van der Waals surface area contributed by atoms with E-state index in [1.54, 1.807) is 6.92 Å². The van der Waals surface area contributed by atoms with Gasteiger partial charge in [0, 0.05) is 12.8 Å². The van der Waals surface area contributed by atoms with Crippen LogP contribution >= 0.6 is 0 Å². The molecule has 0 aromatic carbocycles. The lowest BCUT2D eigenvalue weighted by atomic mass is 9.72. The highest BCUT2D eigenvalue weighted by Crippen LogP contribution is 2.41. The second-order valence-electron chi connectivity index (χ2n) is 19.7. The molecular formula is C61H94O4. The Balaban J connectivity index is 0.000000723. The molecule has 362 valence electrons. The van der Waals surface area contributed by atoms with Gasteiger partial charge in [0.1, 0.15) is 13.2 Å². The summed E-state index contributed by atoms with van der Waals surface area (Å²) in [5.41, 5.74) is 11.2. The number of carbonyl (C=O) groups excluding carboxylic acids is 2. The van der Waals surface area contributed by atoms with Crippen LogP contribution in [-0.4, -0.2) is 25.2 Å². The molecule has 0 spiro atoms. The fraction of sp³-hybridized carbons (Fsp3) is 0.574. The smallest absolute Gasteiger partial charge is 0.306 e. The number of hydrogen-bond acceptors (Lipinski definition) is 4. The Morgan fingerprint density at radius 3 is 1.46 bits per heavy atom. The van der Waals surface area contributed by atoms with Gasteiger partial charge in [0.05, 0.1) is 0 Å². The summed E-state index contributed by atoms with van der Waals surface area (Å²) in [6.07, 6.45) is 56.2. The number of unbranched alkanes of at least 4 members (excludes halogenated alkanes) is 8. The van der Waals surface area contributed by atoms with Crippen molar-refractivity contribution < 1.29 is 19.1 Å². The molecule has 0 saturated heterocycles. The van der Waals surface area contributed by atoms with Gasteiger partial charge in [0.15, 0.2) is 0 Å². The topological polar surface area (TPSA) is 52.6 Å². The SMILES string of the molecule is CCC(=O)OCC=C(C)C=CC=C(C)C=CC1=C(C)CCCC1(C)C.CCCCC/C=C\C/C=C\CCCCCCCC(=O)OCC=C(C)C=CC=C(C)C=CC1=C(C)CCCC1(C)C. The molecule has 2 aliphatic rings. The molecule has 0 fully saturated rings. The Morgan fingerprint density at radius 2 is 1.00 bits per heavy atom. The van der Waals surface area contributed by atoms with E-state index in [9.17, 15) is 9.59 Å². The molecule has 2 rings (SSSR count). The first-order chi connectivity index (χ1) is 31.0. The first-order valence-electron chi connectivity index (χ1n) is 25.4. The highest BCUT2D eigenvalue weighted by atomic mass is 16.5. The second-order valence-corrected chi connectivity index (χ2v) is 19.7. The molecule has 0 saturated carbocycles. The first-order valence-corrected chi connectivity index (χ1v) is 25.4. The van der Waals surface area contributed by atoms with Gasteiger partial charge in [-0.2, -0.15) is 0 Å². The molecule has 2 aliphatic carbocycles. The van der Waals surface area contributed by atoms with Gasteiger partial charge in [-0.15, -0.1) is 0 Å². The zero-order chi connectivity index (χ0) is 48.4. The summed E-state index contributed by atoms with van der Waals surface area (Å²) in [5.74, 6) is -0.251. The Kier molecular flexibility index (Phi) is 31.7. The van der Waals surface area contributed by atoms with E-state index >= 15 is 0 Å². The van der Waals surface area contributed by atoms with Crippen LogP contribution in [0, 0.1) is 10.8 Å². The minimum Gasteiger partial charge on any atom is -0.461 e. The third-order valence-corrected chi connectivity index (χ3v) is 12.5. The van der Waals surface area contributed by atoms with Crippen molar-refractivity contribution in [2.24, 2.45) is 10.8 Å². The van der Waals surface area contributed by atoms with Crippen LogP contribution in [-0.2, 0) is 19.1 Å². The highest BCUT2D eigenvalue weighted by Gasteiger charge is 2.27. The van der Waals surface area contributed by atoms with Gasteiger partial charge in [-0.25, -0.2) is 0 Å². The molecule has 0 aromatic rings. The number of ether oxygens (including phenoxy) is 2. The van der Waals surface area contributed by atoms with Crippen LogP contribution in [0.15, 0.2) is 142 Å². The van der Waals surface area contributed by atoms with Crippen molar-refractivity contribution in [3.63, 3.8) is 0 Å². The average Bonchev–Trinajstić information content (AvgIpc) is 3.24. The zero-order valence-electron chi connectivity index (χ0n) is 43.7. The number of rotatable bonds is 27. The maximum absolute atomic E-state index is 12.0. The molecule has 0 radical (unpaired) electrons. The van der Waals surface area contributed by atoms with Crippen LogP contribution in [0.3, 0.4) is 0 Å². The highest BCUT2D eigenvalue weighted by molar-refractivity contribution is 5.69. The van der Waals surface area contributed by atoms with Gasteiger partial charge < -0.3 is 9.47 Å². The minimum atomic E-state index is -0.163. The summed E-state index contributed by atoms with van der Waals surface area (Å²) < 4.78 is 10.4. The molecule has 0 unspecified atom stereocenters. The number of hydrogen-bond donors (Lipinski definition) is 0. The molecule has 0 atom stereocenters. The third-order valence-electron chi connectivity index (χ3n) is 12.5. The lowest BCUT2D eigenvalue weighted by Crippen LogP contribution is -2.19. The molecule has 0 aliphatic heterocycles. The minimum absolute atomic E-state index is 0.0881. The van der Waals surface area contributed by atoms with E-state index in [0.29, 0.717) is 26.1 Å². The van der Waals surface area contributed by atoms with Crippen LogP contribution < -0.4 is 0 Å². The lowest BCUT2D eigenvalue weighted by Gasteiger charge is -2.33. The van der Waals surface area contributed by atoms with Crippen LogP contribution in [0.4, 0.5) is 0 Å². The fourth-order valence-electron chi connectivity index (χ4n) is 8.19. The summed E-state index contributed by atoms with van der Waals surface area (Å²) in [4.78, 5) is 23.1. The summed E-state index contributed by atoms with van der Waals surface area (Å²) in [6.45, 7) is 27.0. The summed E-state index contributed by atoms with van der Waals surface area (Å²) >= 11 is 0. The fourth-order valence-corrected chi connectivity index (χ4v) is 8.19. The second kappa shape index (κ2) is 35.1. The Bertz CT molecular complexity index is 1780. The van der Waals surface area contributed by atoms with Crippen LogP contribution in [0.25, 0.3) is 0 Å². The Morgan fingerprint density at radius 1 is 0.554 bits per heavy atom. The van der Waals surface area contributed by atoms with Gasteiger partial charge >= 0.3 is 11.9 Å². The van der Waals surface area contributed by atoms with E-state index in [0.717, 1.165) is 36.8 Å². The van der Waals surface area contributed by atoms with Gasteiger partial charge in [0.25, 0.3) is 0 Å². The summed E-state index contributed by atoms with van der Waals surface area (Å²) in [5, 5.41) is 0. The summed E-state index contributed by atoms with van der Waals surface area (Å²) in [7, 11) is 0. The normalized spacial score (nSPS) is 17.7. The van der Waals surface area contributed by atoms with Crippen molar-refractivity contribution in [3.8, 4) is 0 Å². The van der Waals surface area contributed by atoms with Crippen molar-refractivity contribution in [1.29, 1.82) is 0 Å². The zero-order valence-corrected chi connectivity index (χ0v) is 43.7. The van der Waals surface area contributed by atoms with Gasteiger partial charge in [-0.3, -0.25) is 9.59 Å². The van der Waals surface area contributed by atoms with Crippen LogP contribution in [0.2, 0.25) is 0 Å². The van der Waals surface area contributed by atoms with Crippen LogP contribution in [0.1, 0.15) is 205 Å². The Hall–Kier alpha value is -4.18. The predicted octanol–water partition coefficient (Wildman–Crippen LogP) is 18.3. The molecule has 65 heavy (non-hydrogen) atoms. The maximum atomic E-state index is 12.0. The van der Waals surface area contributed by atoms with Crippen molar-refractivity contribution >= 4 is 11.9 Å². The molecule has 4 heteroatoms. The third kappa shape index (κ3) is 29.2. The monoisotopic (exact) mass is 891 g/mol. The first kappa shape index (κ1) is 58.8. The van der Waals surface area contributed by atoms with E-state index in [1.165, 1.54) is 117 Å². The maximum Gasteiger partial charge on any atom is 0.306 e. The van der Waals surface area contributed by atoms with Gasteiger partial charge in [-0.1, -0.05) is 192 Å². The van der Waals surface area contributed by atoms with E-state index < -0.39 is 0 Å². The van der Waals surface area contributed by atoms with Gasteiger partial charge in [-0.05, 0) is 153 Å². The van der Waals surface area contributed by atoms with E-state index in [2.05, 4.69) is 135 Å². The number of carbonyl (C=O) groups is 2. The van der Waals surface area contributed by atoms with Crippen molar-refractivity contribution in [3.05, 3.63) is 142 Å². The number of allylic oxidation sites excluding steroid dienone is 22. The molecule has 0 aromatic heterocycles. The molecule has 0 amide bonds. The predicted molar refractivity (Wildman–Crippen MR) is 284 cm³/mol. The largest absolute Gasteiger partial charge is 0.461 e. The molecule has 0 N–H and O–H groups in total. The van der Waals surface area contributed by atoms with E-state index in [1.807, 2.05) is 38.2 Å². The van der Waals surface area contributed by atoms with Gasteiger partial charge in [0.2, 0.25) is 0 Å². The van der Waals surface area contributed by atoms with Crippen molar-refractivity contribution in [1.82, 2.24) is 0 Å². The average molecular weight is 891 g/mol. The number of esters is 2. The molecule has 0 heterocycles. The van der Waals surface area contributed by atoms with Crippen molar-refractivity contribution in [2.75, 3.05) is 13.2 Å². The van der Waals surface area contributed by atoms with E-state index in [4.69, 9.17) is 9.47 Å². The molecular weight excluding hydrogens is 797 g/mol. The molecule has 4 nitrogen and oxygen atoms in total. The lowest BCUT2D eigenvalue weighted by molar-refractivity contribution is -0.143. The summed E-state index contributed by atoms with van der Waals surface area (Å²) in [6, 6.07) is 0. The van der Waals surface area contributed by atoms with Crippen molar-refractivity contribution in [2.45, 2.75) is 205 Å². The Labute approximate surface area is 400 Å². The van der Waals surface area contributed by atoms with E-state index in [-0.39, 0.29) is 22.8 Å². The standard InChI is InChI=1S/C38H60O2.C23H34O2/c1-7-8-9-10-11-12-13-14-15-16-17-18-19-20-21-27-37(39)40-32-30-34(3)25-22-24-33(2)28-29-36-35(4)26-23-31-38(36,5)6;1-7-22(24)25-17-15-19(3)11-8-10-18(2)13-14-21-20(4)12-9-16-23(21,5)6/h11-12,14-15,22,24-25,28-30H,7-10,13,16-21,23,26-27,31-32H2,1-6H3;8,10-11,13-15H,7,9,12,16-17H2,1-6H3/b12-11-,15-14-,25-22?,29-28?,33-24?,34-30?;. The van der Waals surface area contributed by atoms with Crippen LogP contribution in [0.5, 0.6) is 0 Å². The quantitative estimate of drug-likeness (QED) is 0.0357. The molecule has 0 bridgehead atoms.